The van der Waals surface area contributed by atoms with Crippen LogP contribution in [0, 0.1) is 11.8 Å². The second-order valence-electron chi connectivity index (χ2n) is 2.58. The lowest BCUT2D eigenvalue weighted by Gasteiger charge is -2.05. The van der Waals surface area contributed by atoms with Crippen molar-refractivity contribution in [2.24, 2.45) is 5.73 Å². The smallest absolute Gasteiger partial charge is 0.320 e. The maximum absolute atomic E-state index is 12.2. The molecule has 0 amide bonds. The first kappa shape index (κ1) is 13.8. The van der Waals surface area contributed by atoms with Crippen LogP contribution in [0.2, 0.25) is 0 Å². The van der Waals surface area contributed by atoms with Gasteiger partial charge in [-0.2, -0.15) is 13.2 Å². The van der Waals surface area contributed by atoms with Crippen molar-refractivity contribution in [1.82, 2.24) is 0 Å². The highest BCUT2D eigenvalue weighted by Gasteiger charge is 2.30. The fraction of sp³-hybridized carbons (Fsp3) is 0.200. The van der Waals surface area contributed by atoms with Gasteiger partial charge in [-0.1, -0.05) is 17.9 Å². The number of alkyl halides is 3. The van der Waals surface area contributed by atoms with Crippen LogP contribution in [-0.2, 0) is 6.18 Å². The third kappa shape index (κ3) is 4.24. The van der Waals surface area contributed by atoms with Gasteiger partial charge in [0.25, 0.3) is 0 Å². The Morgan fingerprint density at radius 1 is 1.27 bits per heavy atom. The zero-order valence-electron chi connectivity index (χ0n) is 7.64. The van der Waals surface area contributed by atoms with Crippen molar-refractivity contribution in [2.45, 2.75) is 6.18 Å². The summed E-state index contributed by atoms with van der Waals surface area (Å²) < 4.78 is 36.7. The Balaban J connectivity index is 0.00000196. The molecule has 82 valence electrons. The third-order valence-electron chi connectivity index (χ3n) is 1.52. The minimum Gasteiger partial charge on any atom is -0.320 e. The number of halogens is 4. The number of hydrogen-bond acceptors (Lipinski definition) is 1. The number of rotatable bonds is 0. The Morgan fingerprint density at radius 3 is 2.47 bits per heavy atom. The molecule has 2 N–H and O–H groups in total. The highest BCUT2D eigenvalue weighted by atomic mass is 35.5. The molecule has 0 heterocycles. The van der Waals surface area contributed by atoms with Crippen LogP contribution in [0.25, 0.3) is 0 Å². The molecule has 5 heteroatoms. The minimum absolute atomic E-state index is 0. The summed E-state index contributed by atoms with van der Waals surface area (Å²) in [6.45, 7) is 0.135. The van der Waals surface area contributed by atoms with Gasteiger partial charge in [0, 0.05) is 5.56 Å². The first-order chi connectivity index (χ1) is 6.54. The zero-order chi connectivity index (χ0) is 10.6. The van der Waals surface area contributed by atoms with E-state index in [2.05, 4.69) is 11.8 Å². The summed E-state index contributed by atoms with van der Waals surface area (Å²) >= 11 is 0. The van der Waals surface area contributed by atoms with Crippen LogP contribution in [0.15, 0.2) is 24.3 Å². The summed E-state index contributed by atoms with van der Waals surface area (Å²) in [7, 11) is 0. The molecule has 1 aromatic rings. The average molecular weight is 236 g/mol. The Hall–Kier alpha value is -1.18. The molecule has 0 aromatic heterocycles. The molecule has 1 nitrogen and oxygen atoms in total. The zero-order valence-corrected chi connectivity index (χ0v) is 8.45. The fourth-order valence-electron chi connectivity index (χ4n) is 0.926. The molecule has 0 saturated carbocycles. The largest absolute Gasteiger partial charge is 0.416 e. The Morgan fingerprint density at radius 2 is 1.93 bits per heavy atom. The van der Waals surface area contributed by atoms with Gasteiger partial charge >= 0.3 is 6.18 Å². The van der Waals surface area contributed by atoms with E-state index < -0.39 is 11.7 Å². The van der Waals surface area contributed by atoms with Crippen molar-refractivity contribution >= 4 is 12.4 Å². The lowest BCUT2D eigenvalue weighted by molar-refractivity contribution is -0.137. The van der Waals surface area contributed by atoms with Crippen molar-refractivity contribution in [3.8, 4) is 11.8 Å². The highest BCUT2D eigenvalue weighted by Crippen LogP contribution is 2.29. The monoisotopic (exact) mass is 235 g/mol. The SMILES string of the molecule is Cl.NCC#Cc1cccc(C(F)(F)F)c1. The predicted octanol–water partition coefficient (Wildman–Crippen LogP) is 2.44. The normalized spacial score (nSPS) is 9.87. The van der Waals surface area contributed by atoms with E-state index in [1.165, 1.54) is 12.1 Å². The van der Waals surface area contributed by atoms with E-state index in [0.717, 1.165) is 12.1 Å². The highest BCUT2D eigenvalue weighted by molar-refractivity contribution is 5.85. The molecule has 1 rings (SSSR count). The lowest BCUT2D eigenvalue weighted by Crippen LogP contribution is -2.04. The molecule has 0 aliphatic carbocycles. The Labute approximate surface area is 91.9 Å². The van der Waals surface area contributed by atoms with Gasteiger partial charge in [-0.3, -0.25) is 0 Å². The summed E-state index contributed by atoms with van der Waals surface area (Å²) in [4.78, 5) is 0. The van der Waals surface area contributed by atoms with E-state index in [1.807, 2.05) is 0 Å². The lowest BCUT2D eigenvalue weighted by atomic mass is 10.1. The molecule has 15 heavy (non-hydrogen) atoms. The number of hydrogen-bond donors (Lipinski definition) is 1. The molecular weight excluding hydrogens is 227 g/mol. The van der Waals surface area contributed by atoms with Gasteiger partial charge in [0.15, 0.2) is 0 Å². The van der Waals surface area contributed by atoms with Gasteiger partial charge < -0.3 is 5.73 Å². The van der Waals surface area contributed by atoms with Crippen LogP contribution in [0.3, 0.4) is 0 Å². The van der Waals surface area contributed by atoms with Crippen molar-refractivity contribution in [3.05, 3.63) is 35.4 Å². The van der Waals surface area contributed by atoms with Crippen molar-refractivity contribution < 1.29 is 13.2 Å². The minimum atomic E-state index is -4.32. The molecule has 1 aromatic carbocycles. The van der Waals surface area contributed by atoms with E-state index in [1.54, 1.807) is 0 Å². The predicted molar refractivity (Wildman–Crippen MR) is 54.6 cm³/mol. The van der Waals surface area contributed by atoms with E-state index in [0.29, 0.717) is 5.56 Å². The number of nitrogens with two attached hydrogens (primary N) is 1. The Kier molecular flexibility index (Phi) is 5.20. The molecular formula is C10H9ClF3N. The van der Waals surface area contributed by atoms with Crippen LogP contribution in [0.5, 0.6) is 0 Å². The quantitative estimate of drug-likeness (QED) is 0.687. The van der Waals surface area contributed by atoms with E-state index >= 15 is 0 Å². The first-order valence-electron chi connectivity index (χ1n) is 3.90. The van der Waals surface area contributed by atoms with Gasteiger partial charge in [-0.25, -0.2) is 0 Å². The second kappa shape index (κ2) is 5.64. The van der Waals surface area contributed by atoms with Crippen LogP contribution in [0.1, 0.15) is 11.1 Å². The molecule has 0 atom stereocenters. The van der Waals surface area contributed by atoms with E-state index in [9.17, 15) is 13.2 Å². The molecule has 0 aliphatic rings. The molecule has 0 spiro atoms. The fourth-order valence-corrected chi connectivity index (χ4v) is 0.926. The topological polar surface area (TPSA) is 26.0 Å². The maximum Gasteiger partial charge on any atom is 0.416 e. The van der Waals surface area contributed by atoms with E-state index in [4.69, 9.17) is 5.73 Å². The molecule has 0 radical (unpaired) electrons. The summed E-state index contributed by atoms with van der Waals surface area (Å²) in [5, 5.41) is 0. The third-order valence-corrected chi connectivity index (χ3v) is 1.52. The van der Waals surface area contributed by atoms with Gasteiger partial charge in [-0.15, -0.1) is 12.4 Å². The maximum atomic E-state index is 12.2. The van der Waals surface area contributed by atoms with Gasteiger partial charge in [0.05, 0.1) is 12.1 Å². The van der Waals surface area contributed by atoms with Crippen LogP contribution >= 0.6 is 12.4 Å². The average Bonchev–Trinajstić information content (AvgIpc) is 2.14. The molecule has 0 bridgehead atoms. The van der Waals surface area contributed by atoms with Crippen LogP contribution in [0.4, 0.5) is 13.2 Å². The van der Waals surface area contributed by atoms with Crippen LogP contribution in [-0.4, -0.2) is 6.54 Å². The molecule has 0 saturated heterocycles. The molecule has 0 fully saturated rings. The van der Waals surface area contributed by atoms with Crippen molar-refractivity contribution in [2.75, 3.05) is 6.54 Å². The summed E-state index contributed by atoms with van der Waals surface area (Å²) in [6, 6.07) is 4.84. The van der Waals surface area contributed by atoms with Crippen molar-refractivity contribution in [1.29, 1.82) is 0 Å². The number of benzene rings is 1. The molecule has 0 unspecified atom stereocenters. The second-order valence-corrected chi connectivity index (χ2v) is 2.58. The summed E-state index contributed by atoms with van der Waals surface area (Å²) in [5.41, 5.74) is 4.74. The first-order valence-corrected chi connectivity index (χ1v) is 3.90. The molecule has 0 aliphatic heterocycles. The van der Waals surface area contributed by atoms with Crippen molar-refractivity contribution in [3.63, 3.8) is 0 Å². The van der Waals surface area contributed by atoms with Crippen LogP contribution < -0.4 is 5.73 Å². The standard InChI is InChI=1S/C10H8F3N.ClH/c11-10(12,13)9-5-1-3-8(7-9)4-2-6-14;/h1,3,5,7H,6,14H2;1H. The van der Waals surface area contributed by atoms with Gasteiger partial charge in [-0.05, 0) is 18.2 Å². The summed E-state index contributed by atoms with van der Waals surface area (Å²) in [6.07, 6.45) is -4.32. The van der Waals surface area contributed by atoms with E-state index in [-0.39, 0.29) is 19.0 Å². The Bertz CT molecular complexity index is 376. The van der Waals surface area contributed by atoms with Gasteiger partial charge in [0.1, 0.15) is 0 Å². The van der Waals surface area contributed by atoms with Gasteiger partial charge in [0.2, 0.25) is 0 Å². The summed E-state index contributed by atoms with van der Waals surface area (Å²) in [5.74, 6) is 5.04.